The summed E-state index contributed by atoms with van der Waals surface area (Å²) in [5.41, 5.74) is -0.371. The molecular formula is C14H18N2O6. The Labute approximate surface area is 127 Å². The molecule has 0 saturated carbocycles. The van der Waals surface area contributed by atoms with Gasteiger partial charge in [0, 0.05) is 12.1 Å². The molecule has 0 radical (unpaired) electrons. The lowest BCUT2D eigenvalue weighted by Gasteiger charge is -2.12. The van der Waals surface area contributed by atoms with E-state index in [1.54, 1.807) is 0 Å². The van der Waals surface area contributed by atoms with Crippen molar-refractivity contribution in [3.8, 4) is 5.75 Å². The van der Waals surface area contributed by atoms with Gasteiger partial charge in [0.15, 0.2) is 12.4 Å². The van der Waals surface area contributed by atoms with Crippen molar-refractivity contribution in [1.82, 2.24) is 5.32 Å². The fraction of sp³-hybridized carbons (Fsp3) is 0.429. The third-order valence-electron chi connectivity index (χ3n) is 2.96. The molecule has 8 nitrogen and oxygen atoms in total. The zero-order valence-electron chi connectivity index (χ0n) is 12.6. The van der Waals surface area contributed by atoms with E-state index < -0.39 is 16.6 Å². The maximum atomic E-state index is 11.6. The van der Waals surface area contributed by atoms with Gasteiger partial charge in [-0.2, -0.15) is 0 Å². The summed E-state index contributed by atoms with van der Waals surface area (Å²) in [7, 11) is 1.18. The van der Waals surface area contributed by atoms with Crippen LogP contribution in [-0.2, 0) is 9.53 Å². The van der Waals surface area contributed by atoms with Gasteiger partial charge in [-0.05, 0) is 25.5 Å². The molecule has 0 saturated heterocycles. The van der Waals surface area contributed by atoms with Crippen molar-refractivity contribution in [3.63, 3.8) is 0 Å². The summed E-state index contributed by atoms with van der Waals surface area (Å²) in [4.78, 5) is 33.3. The molecule has 120 valence electrons. The molecule has 0 unspecified atom stereocenters. The lowest BCUT2D eigenvalue weighted by molar-refractivity contribution is -0.385. The van der Waals surface area contributed by atoms with Crippen LogP contribution in [0.25, 0.3) is 0 Å². The SMILES string of the molecule is CC[C@@H](C)NC(=O)COc1ccc(C(=O)OC)cc1[N+](=O)[O-]. The highest BCUT2D eigenvalue weighted by Gasteiger charge is 2.20. The van der Waals surface area contributed by atoms with E-state index in [0.29, 0.717) is 0 Å². The Morgan fingerprint density at radius 1 is 1.41 bits per heavy atom. The molecule has 0 aromatic heterocycles. The summed E-state index contributed by atoms with van der Waals surface area (Å²) in [6.07, 6.45) is 0.764. The first kappa shape index (κ1) is 17.4. The third-order valence-corrected chi connectivity index (χ3v) is 2.96. The van der Waals surface area contributed by atoms with Crippen LogP contribution >= 0.6 is 0 Å². The topological polar surface area (TPSA) is 108 Å². The highest BCUT2D eigenvalue weighted by Crippen LogP contribution is 2.28. The summed E-state index contributed by atoms with van der Waals surface area (Å²) in [6, 6.07) is 3.64. The first-order chi connectivity index (χ1) is 10.4. The molecular weight excluding hydrogens is 292 g/mol. The Bertz CT molecular complexity index is 572. The average Bonchev–Trinajstić information content (AvgIpc) is 2.51. The Morgan fingerprint density at radius 3 is 2.64 bits per heavy atom. The van der Waals surface area contributed by atoms with E-state index in [-0.39, 0.29) is 29.9 Å². The van der Waals surface area contributed by atoms with Crippen molar-refractivity contribution in [2.75, 3.05) is 13.7 Å². The van der Waals surface area contributed by atoms with E-state index in [4.69, 9.17) is 4.74 Å². The fourth-order valence-corrected chi connectivity index (χ4v) is 1.59. The van der Waals surface area contributed by atoms with Crippen LogP contribution in [0.4, 0.5) is 5.69 Å². The number of nitro groups is 1. The number of amides is 1. The second kappa shape index (κ2) is 7.96. The molecule has 1 atom stereocenters. The maximum absolute atomic E-state index is 11.6. The van der Waals surface area contributed by atoms with E-state index >= 15 is 0 Å². The van der Waals surface area contributed by atoms with Crippen molar-refractivity contribution < 1.29 is 24.0 Å². The van der Waals surface area contributed by atoms with E-state index in [1.165, 1.54) is 19.2 Å². The van der Waals surface area contributed by atoms with Gasteiger partial charge in [-0.25, -0.2) is 4.79 Å². The van der Waals surface area contributed by atoms with Crippen molar-refractivity contribution in [1.29, 1.82) is 0 Å². The Kier molecular flexibility index (Phi) is 6.30. The number of hydrogen-bond acceptors (Lipinski definition) is 6. The minimum Gasteiger partial charge on any atom is -0.477 e. The van der Waals surface area contributed by atoms with Crippen LogP contribution in [0.3, 0.4) is 0 Å². The Hall–Kier alpha value is -2.64. The molecule has 1 amide bonds. The largest absolute Gasteiger partial charge is 0.477 e. The molecule has 0 heterocycles. The lowest BCUT2D eigenvalue weighted by atomic mass is 10.2. The molecule has 8 heteroatoms. The molecule has 0 aliphatic rings. The summed E-state index contributed by atoms with van der Waals surface area (Å²) in [6.45, 7) is 3.41. The van der Waals surface area contributed by atoms with Crippen LogP contribution < -0.4 is 10.1 Å². The maximum Gasteiger partial charge on any atom is 0.338 e. The van der Waals surface area contributed by atoms with Crippen LogP contribution in [0.1, 0.15) is 30.6 Å². The van der Waals surface area contributed by atoms with Crippen molar-refractivity contribution in [3.05, 3.63) is 33.9 Å². The number of methoxy groups -OCH3 is 1. The van der Waals surface area contributed by atoms with Gasteiger partial charge >= 0.3 is 11.7 Å². The minimum absolute atomic E-state index is 0.00668. The number of nitro benzene ring substituents is 1. The van der Waals surface area contributed by atoms with E-state index in [2.05, 4.69) is 10.1 Å². The fourth-order valence-electron chi connectivity index (χ4n) is 1.59. The molecule has 1 N–H and O–H groups in total. The molecule has 0 fully saturated rings. The monoisotopic (exact) mass is 310 g/mol. The van der Waals surface area contributed by atoms with Gasteiger partial charge in [-0.3, -0.25) is 14.9 Å². The number of esters is 1. The van der Waals surface area contributed by atoms with Gasteiger partial charge in [0.2, 0.25) is 0 Å². The number of nitrogens with one attached hydrogen (secondary N) is 1. The summed E-state index contributed by atoms with van der Waals surface area (Å²) < 4.78 is 9.67. The van der Waals surface area contributed by atoms with Gasteiger partial charge in [-0.1, -0.05) is 6.92 Å². The number of hydrogen-bond donors (Lipinski definition) is 1. The van der Waals surface area contributed by atoms with Crippen LogP contribution in [0.5, 0.6) is 5.75 Å². The summed E-state index contributed by atoms with van der Waals surface area (Å²) >= 11 is 0. The van der Waals surface area contributed by atoms with Crippen molar-refractivity contribution in [2.45, 2.75) is 26.3 Å². The molecule has 1 rings (SSSR count). The van der Waals surface area contributed by atoms with Crippen LogP contribution in [0.2, 0.25) is 0 Å². The molecule has 0 bridgehead atoms. The molecule has 0 aliphatic heterocycles. The standard InChI is InChI=1S/C14H18N2O6/c1-4-9(2)15-13(17)8-22-12-6-5-10(14(18)21-3)7-11(12)16(19)20/h5-7,9H,4,8H2,1-3H3,(H,15,17)/t9-/m1/s1. The first-order valence-corrected chi connectivity index (χ1v) is 6.68. The predicted octanol–water partition coefficient (Wildman–Crippen LogP) is 1.67. The molecule has 0 aliphatic carbocycles. The van der Waals surface area contributed by atoms with Gasteiger partial charge in [0.05, 0.1) is 17.6 Å². The predicted molar refractivity (Wildman–Crippen MR) is 77.8 cm³/mol. The minimum atomic E-state index is -0.691. The van der Waals surface area contributed by atoms with Crippen LogP contribution in [0.15, 0.2) is 18.2 Å². The van der Waals surface area contributed by atoms with Gasteiger partial charge in [0.25, 0.3) is 5.91 Å². The third kappa shape index (κ3) is 4.72. The Balaban J connectivity index is 2.84. The first-order valence-electron chi connectivity index (χ1n) is 6.68. The van der Waals surface area contributed by atoms with Crippen molar-refractivity contribution >= 4 is 17.6 Å². The highest BCUT2D eigenvalue weighted by atomic mass is 16.6. The van der Waals surface area contributed by atoms with Crippen molar-refractivity contribution in [2.24, 2.45) is 0 Å². The zero-order chi connectivity index (χ0) is 16.7. The smallest absolute Gasteiger partial charge is 0.338 e. The number of rotatable bonds is 7. The van der Waals surface area contributed by atoms with Crippen LogP contribution in [-0.4, -0.2) is 36.6 Å². The number of ether oxygens (including phenoxy) is 2. The zero-order valence-corrected chi connectivity index (χ0v) is 12.6. The number of nitrogens with zero attached hydrogens (tertiary/aromatic N) is 1. The second-order valence-corrected chi connectivity index (χ2v) is 4.60. The van der Waals surface area contributed by atoms with E-state index in [1.807, 2.05) is 13.8 Å². The number of benzene rings is 1. The van der Waals surface area contributed by atoms with Gasteiger partial charge in [-0.15, -0.1) is 0 Å². The quantitative estimate of drug-likeness (QED) is 0.466. The Morgan fingerprint density at radius 2 is 2.09 bits per heavy atom. The van der Waals surface area contributed by atoms with Gasteiger partial charge < -0.3 is 14.8 Å². The molecule has 1 aromatic carbocycles. The normalized spacial score (nSPS) is 11.4. The summed E-state index contributed by atoms with van der Waals surface area (Å²) in [5, 5.41) is 13.7. The lowest BCUT2D eigenvalue weighted by Crippen LogP contribution is -2.35. The van der Waals surface area contributed by atoms with E-state index in [0.717, 1.165) is 12.5 Å². The van der Waals surface area contributed by atoms with E-state index in [9.17, 15) is 19.7 Å². The van der Waals surface area contributed by atoms with Gasteiger partial charge in [0.1, 0.15) is 0 Å². The molecule has 22 heavy (non-hydrogen) atoms. The molecule has 0 spiro atoms. The number of carbonyl (C=O) groups excluding carboxylic acids is 2. The second-order valence-electron chi connectivity index (χ2n) is 4.60. The summed E-state index contributed by atoms with van der Waals surface area (Å²) in [5.74, 6) is -1.15. The number of carbonyl (C=O) groups is 2. The average molecular weight is 310 g/mol. The highest BCUT2D eigenvalue weighted by molar-refractivity contribution is 5.90. The molecule has 1 aromatic rings. The van der Waals surface area contributed by atoms with Crippen LogP contribution in [0, 0.1) is 10.1 Å².